The molecule has 28 heavy (non-hydrogen) atoms. The van der Waals surface area contributed by atoms with Gasteiger partial charge in [-0.3, -0.25) is 10.1 Å². The first-order chi connectivity index (χ1) is 13.0. The molecule has 2 aromatic carbocycles. The first kappa shape index (κ1) is 21.5. The monoisotopic (exact) mass is 407 g/mol. The smallest absolute Gasteiger partial charge is 0.475 e. The van der Waals surface area contributed by atoms with Gasteiger partial charge in [-0.1, -0.05) is 18.2 Å². The Kier molecular flexibility index (Phi) is 6.23. The van der Waals surface area contributed by atoms with Crippen molar-refractivity contribution in [2.75, 3.05) is 7.11 Å². The number of nitrogens with one attached hydrogen (secondary N) is 1. The summed E-state index contributed by atoms with van der Waals surface area (Å²) >= 11 is 0. The van der Waals surface area contributed by atoms with E-state index in [0.717, 1.165) is 17.4 Å². The molecule has 4 nitrogen and oxygen atoms in total. The van der Waals surface area contributed by atoms with Crippen molar-refractivity contribution in [2.45, 2.75) is 24.6 Å². The lowest BCUT2D eigenvalue weighted by Gasteiger charge is -2.35. The molecule has 3 N–H and O–H groups in total. The molecule has 152 valence electrons. The molecule has 0 heterocycles. The highest BCUT2D eigenvalue weighted by Gasteiger charge is 2.76. The van der Waals surface area contributed by atoms with Crippen LogP contribution in [0.25, 0.3) is 0 Å². The van der Waals surface area contributed by atoms with Crippen LogP contribution in [0.3, 0.4) is 0 Å². The Morgan fingerprint density at radius 3 is 1.93 bits per heavy atom. The van der Waals surface area contributed by atoms with Crippen molar-refractivity contribution in [1.82, 2.24) is 5.32 Å². The predicted molar refractivity (Wildman–Crippen MR) is 87.4 cm³/mol. The van der Waals surface area contributed by atoms with E-state index in [4.69, 9.17) is 4.74 Å². The number of carbonyl (C=O) groups is 1. The lowest BCUT2D eigenvalue weighted by atomic mass is 10.1. The molecule has 0 saturated carbocycles. The number of amides is 1. The minimum atomic E-state index is -5.80. The van der Waals surface area contributed by atoms with E-state index in [9.17, 15) is 31.1 Å². The van der Waals surface area contributed by atoms with Crippen LogP contribution in [0.15, 0.2) is 54.6 Å². The fourth-order valence-corrected chi connectivity index (χ4v) is 2.46. The number of halogens is 6. The highest BCUT2D eigenvalue weighted by molar-refractivity contribution is 5.94. The molecule has 0 saturated heterocycles. The zero-order chi connectivity index (χ0) is 21.0. The highest BCUT2D eigenvalue weighted by atomic mass is 19.4. The number of quaternary nitrogens is 1. The zero-order valence-electron chi connectivity index (χ0n) is 14.6. The fraction of sp³-hybridized carbons (Fsp3) is 0.278. The van der Waals surface area contributed by atoms with Crippen molar-refractivity contribution in [2.24, 2.45) is 0 Å². The van der Waals surface area contributed by atoms with E-state index in [1.165, 1.54) is 49.6 Å². The average molecular weight is 407 g/mol. The molecule has 2 rings (SSSR count). The van der Waals surface area contributed by atoms with Gasteiger partial charge in [0.05, 0.1) is 7.11 Å². The second-order valence-electron chi connectivity index (χ2n) is 5.88. The van der Waals surface area contributed by atoms with Gasteiger partial charge in [-0.15, -0.1) is 0 Å². The summed E-state index contributed by atoms with van der Waals surface area (Å²) in [5, 5.41) is 1.17. The van der Waals surface area contributed by atoms with Gasteiger partial charge < -0.3 is 10.1 Å². The van der Waals surface area contributed by atoms with Crippen molar-refractivity contribution in [3.8, 4) is 5.75 Å². The zero-order valence-corrected chi connectivity index (χ0v) is 14.6. The van der Waals surface area contributed by atoms with Gasteiger partial charge in [0.25, 0.3) is 5.91 Å². The van der Waals surface area contributed by atoms with Gasteiger partial charge >= 0.3 is 18.0 Å². The Morgan fingerprint density at radius 2 is 1.46 bits per heavy atom. The molecule has 0 spiro atoms. The minimum absolute atomic E-state index is 0.0235. The summed E-state index contributed by atoms with van der Waals surface area (Å²) in [4.78, 5) is 12.1. The Hall–Kier alpha value is -2.75. The van der Waals surface area contributed by atoms with E-state index in [1.807, 2.05) is 0 Å². The quantitative estimate of drug-likeness (QED) is 0.572. The summed E-state index contributed by atoms with van der Waals surface area (Å²) < 4.78 is 86.4. The van der Waals surface area contributed by atoms with Crippen LogP contribution in [0.2, 0.25) is 0 Å². The largest absolute Gasteiger partial charge is 0.497 e. The normalized spacial score (nSPS) is 12.5. The molecule has 0 aromatic heterocycles. The molecule has 0 atom stereocenters. The number of hydrogen-bond acceptors (Lipinski definition) is 2. The summed E-state index contributed by atoms with van der Waals surface area (Å²) in [6, 6.07) is 11.9. The van der Waals surface area contributed by atoms with Crippen LogP contribution in [0.4, 0.5) is 26.3 Å². The molecular formula is C18H17F6N2O2+. The van der Waals surface area contributed by atoms with Gasteiger partial charge in [0.15, 0.2) is 0 Å². The van der Waals surface area contributed by atoms with Gasteiger partial charge in [-0.2, -0.15) is 26.3 Å². The predicted octanol–water partition coefficient (Wildman–Crippen LogP) is 3.01. The van der Waals surface area contributed by atoms with Gasteiger partial charge in [0.1, 0.15) is 12.3 Å². The van der Waals surface area contributed by atoms with E-state index in [1.54, 1.807) is 0 Å². The lowest BCUT2D eigenvalue weighted by Crippen LogP contribution is -3.07. The third-order valence-electron chi connectivity index (χ3n) is 4.04. The lowest BCUT2D eigenvalue weighted by molar-refractivity contribution is -0.796. The summed E-state index contributed by atoms with van der Waals surface area (Å²) in [6.45, 7) is -0.682. The Labute approximate surface area is 156 Å². The van der Waals surface area contributed by atoms with E-state index < -0.39 is 30.5 Å². The third-order valence-corrected chi connectivity index (χ3v) is 4.04. The number of carbonyl (C=O) groups excluding carboxylic acids is 1. The number of ether oxygens (including phenoxy) is 1. The average Bonchev–Trinajstić information content (AvgIpc) is 2.64. The Morgan fingerprint density at radius 1 is 0.929 bits per heavy atom. The van der Waals surface area contributed by atoms with Crippen LogP contribution in [-0.2, 0) is 6.54 Å². The first-order valence-electron chi connectivity index (χ1n) is 7.98. The summed E-state index contributed by atoms with van der Waals surface area (Å²) in [5.74, 6) is -1.08. The van der Waals surface area contributed by atoms with Crippen LogP contribution in [0.5, 0.6) is 5.75 Å². The molecule has 0 radical (unpaired) electrons. The summed E-state index contributed by atoms with van der Waals surface area (Å²) in [7, 11) is 1.37. The number of methoxy groups -OCH3 is 1. The van der Waals surface area contributed by atoms with Crippen molar-refractivity contribution < 1.29 is 41.2 Å². The fourth-order valence-electron chi connectivity index (χ4n) is 2.46. The standard InChI is InChI=1S/C18H16F6N2O2/c1-28-14-9-7-12(8-10-14)11-25-16(17(19,20)21,18(22,23)24)26-15(27)13-5-3-2-4-6-13/h2-10,25H,11H2,1H3,(H,26,27)/p+1. The van der Waals surface area contributed by atoms with Crippen molar-refractivity contribution >= 4 is 5.91 Å². The third kappa shape index (κ3) is 4.56. The van der Waals surface area contributed by atoms with Crippen LogP contribution < -0.4 is 15.4 Å². The molecule has 0 aliphatic heterocycles. The SMILES string of the molecule is COc1ccc(C[NH2+]C(NC(=O)c2ccccc2)(C(F)(F)F)C(F)(F)F)cc1. The molecule has 10 heteroatoms. The molecule has 0 fully saturated rings. The number of hydrogen-bond donors (Lipinski definition) is 2. The Balaban J connectivity index is 2.35. The van der Waals surface area contributed by atoms with Crippen molar-refractivity contribution in [3.05, 3.63) is 65.7 Å². The molecule has 1 amide bonds. The second-order valence-corrected chi connectivity index (χ2v) is 5.88. The maximum absolute atomic E-state index is 13.6. The highest BCUT2D eigenvalue weighted by Crippen LogP contribution is 2.38. The van der Waals surface area contributed by atoms with Crippen molar-refractivity contribution in [3.63, 3.8) is 0 Å². The number of rotatable bonds is 6. The van der Waals surface area contributed by atoms with Crippen LogP contribution in [0, 0.1) is 0 Å². The minimum Gasteiger partial charge on any atom is -0.497 e. The van der Waals surface area contributed by atoms with E-state index in [-0.39, 0.29) is 16.4 Å². The molecule has 0 aliphatic carbocycles. The summed E-state index contributed by atoms with van der Waals surface area (Å²) in [5.41, 5.74) is -4.64. The van der Waals surface area contributed by atoms with Gasteiger partial charge in [0, 0.05) is 11.1 Å². The maximum Gasteiger partial charge on any atom is 0.475 e. The molecule has 0 unspecified atom stereocenters. The Bertz CT molecular complexity index is 774. The van der Waals surface area contributed by atoms with Crippen molar-refractivity contribution in [1.29, 1.82) is 0 Å². The van der Waals surface area contributed by atoms with Gasteiger partial charge in [-0.05, 0) is 36.4 Å². The molecular weight excluding hydrogens is 390 g/mol. The topological polar surface area (TPSA) is 54.9 Å². The summed E-state index contributed by atoms with van der Waals surface area (Å²) in [6.07, 6.45) is -11.6. The van der Waals surface area contributed by atoms with Gasteiger partial charge in [0.2, 0.25) is 0 Å². The second kappa shape index (κ2) is 8.09. The van der Waals surface area contributed by atoms with E-state index >= 15 is 0 Å². The molecule has 0 bridgehead atoms. The number of nitrogens with two attached hydrogens (primary N) is 1. The maximum atomic E-state index is 13.6. The van der Waals surface area contributed by atoms with Crippen LogP contribution in [0.1, 0.15) is 15.9 Å². The number of alkyl halides is 6. The first-order valence-corrected chi connectivity index (χ1v) is 7.98. The van der Waals surface area contributed by atoms with Crippen LogP contribution >= 0.6 is 0 Å². The molecule has 0 aliphatic rings. The van der Waals surface area contributed by atoms with Gasteiger partial charge in [-0.25, -0.2) is 0 Å². The van der Waals surface area contributed by atoms with E-state index in [0.29, 0.717) is 5.75 Å². The molecule has 2 aromatic rings. The number of benzene rings is 2. The van der Waals surface area contributed by atoms with Crippen LogP contribution in [-0.4, -0.2) is 31.0 Å². The van der Waals surface area contributed by atoms with E-state index in [2.05, 4.69) is 0 Å².